The zero-order valence-electron chi connectivity index (χ0n) is 11.2. The van der Waals surface area contributed by atoms with Crippen LogP contribution in [0.4, 0.5) is 0 Å². The van der Waals surface area contributed by atoms with Crippen molar-refractivity contribution in [3.05, 3.63) is 34.9 Å². The Labute approximate surface area is 108 Å². The van der Waals surface area contributed by atoms with Gasteiger partial charge in [-0.25, -0.2) is 0 Å². The molecule has 0 aromatic heterocycles. The lowest BCUT2D eigenvalue weighted by Crippen LogP contribution is -2.61. The molecule has 3 heteroatoms. The molecule has 0 bridgehead atoms. The largest absolute Gasteiger partial charge is 0.379 e. The van der Waals surface area contributed by atoms with Gasteiger partial charge in [0.25, 0.3) is 0 Å². The van der Waals surface area contributed by atoms with Crippen LogP contribution in [0.3, 0.4) is 0 Å². The molecule has 1 unspecified atom stereocenters. The minimum absolute atomic E-state index is 0.0591. The second-order valence-electron chi connectivity index (χ2n) is 5.53. The first-order chi connectivity index (χ1) is 8.72. The summed E-state index contributed by atoms with van der Waals surface area (Å²) in [6.45, 7) is 8.59. The second kappa shape index (κ2) is 4.65. The highest BCUT2D eigenvalue weighted by Gasteiger charge is 2.49. The van der Waals surface area contributed by atoms with Gasteiger partial charge in [0, 0.05) is 13.1 Å². The smallest absolute Gasteiger partial charge is 0.0841 e. The Morgan fingerprint density at radius 2 is 2.11 bits per heavy atom. The molecule has 2 aliphatic rings. The first-order valence-electron chi connectivity index (χ1n) is 6.70. The molecule has 2 fully saturated rings. The Hall–Kier alpha value is -0.900. The maximum atomic E-state index is 5.99. The van der Waals surface area contributed by atoms with Gasteiger partial charge >= 0.3 is 0 Å². The molecule has 0 saturated carbocycles. The van der Waals surface area contributed by atoms with Gasteiger partial charge in [-0.15, -0.1) is 0 Å². The van der Waals surface area contributed by atoms with Crippen LogP contribution in [0, 0.1) is 13.8 Å². The van der Waals surface area contributed by atoms with Gasteiger partial charge < -0.3 is 14.8 Å². The van der Waals surface area contributed by atoms with Crippen molar-refractivity contribution in [2.45, 2.75) is 25.4 Å². The van der Waals surface area contributed by atoms with E-state index in [-0.39, 0.29) is 11.5 Å². The van der Waals surface area contributed by atoms with E-state index < -0.39 is 0 Å². The quantitative estimate of drug-likeness (QED) is 0.860. The topological polar surface area (TPSA) is 30.5 Å². The first-order valence-corrected chi connectivity index (χ1v) is 6.70. The zero-order valence-corrected chi connectivity index (χ0v) is 11.2. The third-order valence-electron chi connectivity index (χ3n) is 4.19. The summed E-state index contributed by atoms with van der Waals surface area (Å²) < 4.78 is 11.5. The lowest BCUT2D eigenvalue weighted by Gasteiger charge is -2.49. The van der Waals surface area contributed by atoms with Crippen molar-refractivity contribution < 1.29 is 9.47 Å². The Balaban J connectivity index is 1.97. The van der Waals surface area contributed by atoms with E-state index in [4.69, 9.17) is 9.47 Å². The van der Waals surface area contributed by atoms with Gasteiger partial charge in [0.15, 0.2) is 0 Å². The van der Waals surface area contributed by atoms with Gasteiger partial charge in [-0.3, -0.25) is 0 Å². The number of morpholine rings is 1. The van der Waals surface area contributed by atoms with E-state index in [0.29, 0.717) is 0 Å². The summed E-state index contributed by atoms with van der Waals surface area (Å²) in [7, 11) is 0. The van der Waals surface area contributed by atoms with Crippen LogP contribution < -0.4 is 5.32 Å². The van der Waals surface area contributed by atoms with Crippen LogP contribution in [0.15, 0.2) is 18.2 Å². The van der Waals surface area contributed by atoms with E-state index >= 15 is 0 Å². The van der Waals surface area contributed by atoms with E-state index in [9.17, 15) is 0 Å². The Morgan fingerprint density at radius 3 is 2.72 bits per heavy atom. The highest BCUT2D eigenvalue weighted by Crippen LogP contribution is 2.39. The summed E-state index contributed by atoms with van der Waals surface area (Å²) in [5.74, 6) is 0. The average Bonchev–Trinajstić information content (AvgIpc) is 2.34. The van der Waals surface area contributed by atoms with E-state index in [1.807, 2.05) is 0 Å². The molecule has 18 heavy (non-hydrogen) atoms. The van der Waals surface area contributed by atoms with Gasteiger partial charge in [0.1, 0.15) is 0 Å². The summed E-state index contributed by atoms with van der Waals surface area (Å²) in [5.41, 5.74) is 4.12. The molecular formula is C15H21NO2. The van der Waals surface area contributed by atoms with E-state index in [2.05, 4.69) is 37.4 Å². The van der Waals surface area contributed by atoms with Crippen molar-refractivity contribution >= 4 is 0 Å². The Morgan fingerprint density at radius 1 is 1.28 bits per heavy atom. The number of hydrogen-bond donors (Lipinski definition) is 1. The van der Waals surface area contributed by atoms with Gasteiger partial charge in [-0.1, -0.05) is 23.8 Å². The van der Waals surface area contributed by atoms with Crippen LogP contribution in [0.2, 0.25) is 0 Å². The number of rotatable bonds is 2. The van der Waals surface area contributed by atoms with Gasteiger partial charge in [0.2, 0.25) is 0 Å². The molecule has 1 aromatic carbocycles. The van der Waals surface area contributed by atoms with Crippen molar-refractivity contribution in [3.8, 4) is 0 Å². The second-order valence-corrected chi connectivity index (χ2v) is 5.53. The fourth-order valence-corrected chi connectivity index (χ4v) is 3.03. The minimum Gasteiger partial charge on any atom is -0.379 e. The van der Waals surface area contributed by atoms with Crippen LogP contribution in [0.25, 0.3) is 0 Å². The molecular weight excluding hydrogens is 226 g/mol. The lowest BCUT2D eigenvalue weighted by atomic mass is 9.71. The summed E-state index contributed by atoms with van der Waals surface area (Å²) in [6, 6.07) is 6.68. The maximum absolute atomic E-state index is 5.99. The van der Waals surface area contributed by atoms with Crippen molar-refractivity contribution in [1.82, 2.24) is 5.32 Å². The normalized spacial score (nSPS) is 26.7. The van der Waals surface area contributed by atoms with Gasteiger partial charge in [-0.2, -0.15) is 0 Å². The first kappa shape index (κ1) is 12.2. The highest BCUT2D eigenvalue weighted by atomic mass is 16.5. The number of ether oxygens (including phenoxy) is 2. The fraction of sp³-hybridized carbons (Fsp3) is 0.600. The van der Waals surface area contributed by atoms with E-state index in [1.165, 1.54) is 16.7 Å². The van der Waals surface area contributed by atoms with Crippen LogP contribution in [-0.2, 0) is 14.9 Å². The molecule has 0 aliphatic carbocycles. The van der Waals surface area contributed by atoms with Crippen LogP contribution >= 0.6 is 0 Å². The van der Waals surface area contributed by atoms with Crippen molar-refractivity contribution in [2.24, 2.45) is 0 Å². The third kappa shape index (κ3) is 1.87. The minimum atomic E-state index is 0.0591. The van der Waals surface area contributed by atoms with E-state index in [0.717, 1.165) is 32.9 Å². The summed E-state index contributed by atoms with van der Waals surface area (Å²) in [6.07, 6.45) is 0.237. The SMILES string of the molecule is Cc1ccc(C)c(C2(C3CNCCO3)COC2)c1. The number of nitrogens with one attached hydrogen (secondary N) is 1. The fourth-order valence-electron chi connectivity index (χ4n) is 3.03. The standard InChI is InChI=1S/C15H21NO2/c1-11-3-4-12(2)13(7-11)15(9-17-10-15)14-8-16-5-6-18-14/h3-4,7,14,16H,5-6,8-10H2,1-2H3. The molecule has 2 saturated heterocycles. The average molecular weight is 247 g/mol. The zero-order chi connectivity index (χ0) is 12.6. The van der Waals surface area contributed by atoms with Gasteiger partial charge in [-0.05, 0) is 25.0 Å². The molecule has 98 valence electrons. The molecule has 3 rings (SSSR count). The molecule has 2 heterocycles. The third-order valence-corrected chi connectivity index (χ3v) is 4.19. The number of benzene rings is 1. The molecule has 0 radical (unpaired) electrons. The summed E-state index contributed by atoms with van der Waals surface area (Å²) in [5, 5.41) is 3.43. The molecule has 1 aromatic rings. The molecule has 1 atom stereocenters. The highest BCUT2D eigenvalue weighted by molar-refractivity contribution is 5.40. The predicted octanol–water partition coefficient (Wildman–Crippen LogP) is 1.56. The van der Waals surface area contributed by atoms with E-state index in [1.54, 1.807) is 0 Å². The van der Waals surface area contributed by atoms with Crippen LogP contribution in [-0.4, -0.2) is 39.0 Å². The summed E-state index contributed by atoms with van der Waals surface area (Å²) in [4.78, 5) is 0. The van der Waals surface area contributed by atoms with Crippen molar-refractivity contribution in [1.29, 1.82) is 0 Å². The molecule has 3 nitrogen and oxygen atoms in total. The Bertz CT molecular complexity index is 434. The maximum Gasteiger partial charge on any atom is 0.0841 e. The van der Waals surface area contributed by atoms with Crippen LogP contribution in [0.5, 0.6) is 0 Å². The molecule has 0 amide bonds. The Kier molecular flexibility index (Phi) is 3.14. The van der Waals surface area contributed by atoms with Crippen molar-refractivity contribution in [2.75, 3.05) is 32.9 Å². The predicted molar refractivity (Wildman–Crippen MR) is 71.0 cm³/mol. The number of aryl methyl sites for hydroxylation is 2. The monoisotopic (exact) mass is 247 g/mol. The molecule has 1 N–H and O–H groups in total. The van der Waals surface area contributed by atoms with Gasteiger partial charge in [0.05, 0.1) is 31.3 Å². The number of hydrogen-bond acceptors (Lipinski definition) is 3. The summed E-state index contributed by atoms with van der Waals surface area (Å²) >= 11 is 0. The van der Waals surface area contributed by atoms with Crippen molar-refractivity contribution in [3.63, 3.8) is 0 Å². The molecule has 2 aliphatic heterocycles. The molecule has 0 spiro atoms. The van der Waals surface area contributed by atoms with Crippen LogP contribution in [0.1, 0.15) is 16.7 Å². The lowest BCUT2D eigenvalue weighted by molar-refractivity contribution is -0.146.